The van der Waals surface area contributed by atoms with E-state index in [1.807, 2.05) is 0 Å². The molecule has 100 valence electrons. The number of carbonyl (C=O) groups excluding carboxylic acids is 1. The molecule has 2 aromatic rings. The van der Waals surface area contributed by atoms with Gasteiger partial charge in [-0.25, -0.2) is 4.68 Å². The van der Waals surface area contributed by atoms with E-state index in [4.69, 9.17) is 4.74 Å². The van der Waals surface area contributed by atoms with Crippen LogP contribution in [0.25, 0.3) is 10.8 Å². The number of aromatic amines is 1. The Morgan fingerprint density at radius 1 is 1.26 bits per heavy atom. The van der Waals surface area contributed by atoms with Crippen LogP contribution in [0.4, 0.5) is 0 Å². The molecule has 0 unspecified atom stereocenters. The second-order valence-electron chi connectivity index (χ2n) is 4.42. The van der Waals surface area contributed by atoms with Crippen LogP contribution in [0, 0.1) is 0 Å². The van der Waals surface area contributed by atoms with Gasteiger partial charge in [-0.05, 0) is 26.0 Å². The van der Waals surface area contributed by atoms with Gasteiger partial charge in [-0.1, -0.05) is 12.1 Å². The van der Waals surface area contributed by atoms with Gasteiger partial charge in [0.2, 0.25) is 0 Å². The molecule has 0 aliphatic heterocycles. The summed E-state index contributed by atoms with van der Waals surface area (Å²) in [6.07, 6.45) is -0.268. The Labute approximate surface area is 108 Å². The maximum atomic E-state index is 12.1. The highest BCUT2D eigenvalue weighted by atomic mass is 16.5. The minimum absolute atomic E-state index is 0.268. The van der Waals surface area contributed by atoms with E-state index in [9.17, 15) is 14.4 Å². The molecule has 19 heavy (non-hydrogen) atoms. The second kappa shape index (κ2) is 5.09. The zero-order valence-corrected chi connectivity index (χ0v) is 10.7. The molecule has 0 saturated heterocycles. The van der Waals surface area contributed by atoms with Crippen molar-refractivity contribution in [3.05, 3.63) is 45.0 Å². The van der Waals surface area contributed by atoms with Crippen LogP contribution in [0.5, 0.6) is 0 Å². The maximum absolute atomic E-state index is 12.1. The van der Waals surface area contributed by atoms with E-state index in [0.29, 0.717) is 5.39 Å². The zero-order chi connectivity index (χ0) is 14.0. The highest BCUT2D eigenvalue weighted by Gasteiger charge is 2.11. The first-order valence-corrected chi connectivity index (χ1v) is 5.90. The predicted octanol–water partition coefficient (Wildman–Crippen LogP) is 0.641. The molecule has 1 N–H and O–H groups in total. The molecule has 0 aliphatic rings. The fraction of sp³-hybridized carbons (Fsp3) is 0.308. The quantitative estimate of drug-likeness (QED) is 0.823. The van der Waals surface area contributed by atoms with Gasteiger partial charge < -0.3 is 4.74 Å². The van der Waals surface area contributed by atoms with Crippen molar-refractivity contribution in [2.75, 3.05) is 0 Å². The van der Waals surface area contributed by atoms with Gasteiger partial charge in [0.1, 0.15) is 6.54 Å². The van der Waals surface area contributed by atoms with Crippen molar-refractivity contribution in [1.29, 1.82) is 0 Å². The highest BCUT2D eigenvalue weighted by molar-refractivity contribution is 5.80. The van der Waals surface area contributed by atoms with Gasteiger partial charge in [-0.15, -0.1) is 0 Å². The van der Waals surface area contributed by atoms with Crippen molar-refractivity contribution >= 4 is 16.7 Å². The molecule has 0 spiro atoms. The average Bonchev–Trinajstić information content (AvgIpc) is 2.34. The van der Waals surface area contributed by atoms with E-state index in [2.05, 4.69) is 5.10 Å². The number of hydrogen-bond acceptors (Lipinski definition) is 4. The Bertz CT molecular complexity index is 727. The third-order valence-corrected chi connectivity index (χ3v) is 2.54. The molecule has 0 aliphatic carbocycles. The van der Waals surface area contributed by atoms with E-state index in [1.54, 1.807) is 38.1 Å². The SMILES string of the molecule is CC(C)OC(=O)Cn1[nH]c(=O)c2ccccc2c1=O. The number of benzene rings is 1. The first-order chi connectivity index (χ1) is 8.99. The van der Waals surface area contributed by atoms with Crippen molar-refractivity contribution in [3.8, 4) is 0 Å². The van der Waals surface area contributed by atoms with E-state index < -0.39 is 17.1 Å². The first-order valence-electron chi connectivity index (χ1n) is 5.90. The lowest BCUT2D eigenvalue weighted by Crippen LogP contribution is -2.33. The molecule has 6 nitrogen and oxygen atoms in total. The topological polar surface area (TPSA) is 81.2 Å². The molecule has 0 bridgehead atoms. The first kappa shape index (κ1) is 13.1. The average molecular weight is 262 g/mol. The molecular weight excluding hydrogens is 248 g/mol. The number of fused-ring (bicyclic) bond motifs is 1. The van der Waals surface area contributed by atoms with Crippen LogP contribution >= 0.6 is 0 Å². The maximum Gasteiger partial charge on any atom is 0.328 e. The van der Waals surface area contributed by atoms with Crippen LogP contribution in [0.1, 0.15) is 13.8 Å². The van der Waals surface area contributed by atoms with Crippen molar-refractivity contribution in [3.63, 3.8) is 0 Å². The van der Waals surface area contributed by atoms with Gasteiger partial charge in [0.25, 0.3) is 11.1 Å². The van der Waals surface area contributed by atoms with E-state index in [-0.39, 0.29) is 18.0 Å². The molecule has 1 heterocycles. The number of nitrogens with zero attached hydrogens (tertiary/aromatic N) is 1. The summed E-state index contributed by atoms with van der Waals surface area (Å²) in [5.74, 6) is -0.567. The normalized spacial score (nSPS) is 10.9. The summed E-state index contributed by atoms with van der Waals surface area (Å²) in [4.78, 5) is 35.4. The number of esters is 1. The largest absolute Gasteiger partial charge is 0.462 e. The van der Waals surface area contributed by atoms with Crippen molar-refractivity contribution in [2.24, 2.45) is 0 Å². The number of H-pyrrole nitrogens is 1. The Hall–Kier alpha value is -2.37. The van der Waals surface area contributed by atoms with Crippen molar-refractivity contribution in [1.82, 2.24) is 9.78 Å². The van der Waals surface area contributed by atoms with Gasteiger partial charge in [-0.2, -0.15) is 0 Å². The van der Waals surface area contributed by atoms with Crippen LogP contribution in [-0.4, -0.2) is 21.9 Å². The highest BCUT2D eigenvalue weighted by Crippen LogP contribution is 2.02. The Kier molecular flexibility index (Phi) is 3.50. The molecular formula is C13H14N2O4. The smallest absolute Gasteiger partial charge is 0.328 e. The Morgan fingerprint density at radius 3 is 2.53 bits per heavy atom. The van der Waals surface area contributed by atoms with Gasteiger partial charge >= 0.3 is 5.97 Å². The summed E-state index contributed by atoms with van der Waals surface area (Å²) in [5.41, 5.74) is -0.830. The summed E-state index contributed by atoms with van der Waals surface area (Å²) in [7, 11) is 0. The van der Waals surface area contributed by atoms with Crippen LogP contribution in [0.3, 0.4) is 0 Å². The molecule has 0 saturated carbocycles. The summed E-state index contributed by atoms with van der Waals surface area (Å²) >= 11 is 0. The number of aromatic nitrogens is 2. The van der Waals surface area contributed by atoms with E-state index >= 15 is 0 Å². The molecule has 1 aromatic carbocycles. The fourth-order valence-corrected chi connectivity index (χ4v) is 1.79. The lowest BCUT2D eigenvalue weighted by molar-refractivity contribution is -0.148. The van der Waals surface area contributed by atoms with Crippen LogP contribution in [0.15, 0.2) is 33.9 Å². The van der Waals surface area contributed by atoms with Crippen LogP contribution in [0.2, 0.25) is 0 Å². The third-order valence-electron chi connectivity index (χ3n) is 2.54. The third kappa shape index (κ3) is 2.73. The molecule has 0 atom stereocenters. The summed E-state index contributed by atoms with van der Waals surface area (Å²) in [6, 6.07) is 6.46. The summed E-state index contributed by atoms with van der Waals surface area (Å²) in [5, 5.41) is 2.96. The lowest BCUT2D eigenvalue weighted by Gasteiger charge is -2.09. The minimum atomic E-state index is -0.567. The number of nitrogens with one attached hydrogen (secondary N) is 1. The second-order valence-corrected chi connectivity index (χ2v) is 4.42. The monoisotopic (exact) mass is 262 g/mol. The molecule has 6 heteroatoms. The standard InChI is InChI=1S/C13H14N2O4/c1-8(2)19-11(16)7-15-13(18)10-6-4-3-5-9(10)12(17)14-15/h3-6,8H,7H2,1-2H3,(H,14,17). The van der Waals surface area contributed by atoms with Gasteiger partial charge in [-0.3, -0.25) is 19.5 Å². The fourth-order valence-electron chi connectivity index (χ4n) is 1.79. The number of ether oxygens (including phenoxy) is 1. The Morgan fingerprint density at radius 2 is 1.89 bits per heavy atom. The minimum Gasteiger partial charge on any atom is -0.462 e. The molecule has 0 amide bonds. The van der Waals surface area contributed by atoms with Crippen LogP contribution < -0.4 is 11.1 Å². The summed E-state index contributed by atoms with van der Waals surface area (Å²) < 4.78 is 5.91. The van der Waals surface area contributed by atoms with Gasteiger partial charge in [0.15, 0.2) is 0 Å². The lowest BCUT2D eigenvalue weighted by atomic mass is 10.2. The van der Waals surface area contributed by atoms with Gasteiger partial charge in [0, 0.05) is 0 Å². The van der Waals surface area contributed by atoms with Crippen LogP contribution in [-0.2, 0) is 16.1 Å². The number of hydrogen-bond donors (Lipinski definition) is 1. The van der Waals surface area contributed by atoms with Crippen molar-refractivity contribution < 1.29 is 9.53 Å². The molecule has 2 rings (SSSR count). The molecule has 1 aromatic heterocycles. The van der Waals surface area contributed by atoms with E-state index in [1.165, 1.54) is 0 Å². The van der Waals surface area contributed by atoms with Gasteiger partial charge in [0.05, 0.1) is 16.9 Å². The molecule has 0 radical (unpaired) electrons. The summed E-state index contributed by atoms with van der Waals surface area (Å²) in [6.45, 7) is 3.12. The molecule has 0 fully saturated rings. The number of rotatable bonds is 3. The van der Waals surface area contributed by atoms with Crippen molar-refractivity contribution in [2.45, 2.75) is 26.5 Å². The van der Waals surface area contributed by atoms with E-state index in [0.717, 1.165) is 4.68 Å². The Balaban J connectivity index is 2.46. The predicted molar refractivity (Wildman–Crippen MR) is 70.1 cm³/mol. The zero-order valence-electron chi connectivity index (χ0n) is 10.7. The number of carbonyl (C=O) groups is 1.